The van der Waals surface area contributed by atoms with Gasteiger partial charge in [0.25, 0.3) is 0 Å². The van der Waals surface area contributed by atoms with Gasteiger partial charge in [0.2, 0.25) is 0 Å². The van der Waals surface area contributed by atoms with Gasteiger partial charge in [0, 0.05) is 0 Å². The number of fused-ring (bicyclic) bond motifs is 2. The number of hydrogen-bond donors (Lipinski definition) is 1. The standard InChI is InChI=1S/C25H33N5O4Si/c1-25(2,3)35(4,5)31-13-17-20-21(34-18(33-20)12-11-16-9-7-6-8-10-16)24(32-17)30-15-29-19-22(26)27-14-28-23(19)30/h6-12,14-15,17-18,20-21,24H,13H2,1-5H3,(H2,26,27,28)/t17?,18-,20?,21-,24?/m0/s1. The lowest BCUT2D eigenvalue weighted by Gasteiger charge is -2.37. The van der Waals surface area contributed by atoms with Crippen molar-refractivity contribution >= 4 is 31.4 Å². The molecule has 4 heterocycles. The molecule has 3 unspecified atom stereocenters. The number of hydrogen-bond acceptors (Lipinski definition) is 8. The third-order valence-electron chi connectivity index (χ3n) is 7.19. The topological polar surface area (TPSA) is 107 Å². The Kier molecular flexibility index (Phi) is 6.26. The van der Waals surface area contributed by atoms with Crippen LogP contribution in [0.1, 0.15) is 32.6 Å². The molecule has 9 nitrogen and oxygen atoms in total. The zero-order valence-electron chi connectivity index (χ0n) is 20.8. The lowest BCUT2D eigenvalue weighted by molar-refractivity contribution is -0.132. The Morgan fingerprint density at radius 2 is 1.80 bits per heavy atom. The van der Waals surface area contributed by atoms with Crippen LogP contribution < -0.4 is 5.73 Å². The molecule has 2 aliphatic rings. The zero-order valence-corrected chi connectivity index (χ0v) is 21.8. The van der Waals surface area contributed by atoms with E-state index in [9.17, 15) is 0 Å². The van der Waals surface area contributed by atoms with Crippen molar-refractivity contribution in [1.82, 2.24) is 19.5 Å². The van der Waals surface area contributed by atoms with Gasteiger partial charge < -0.3 is 24.4 Å². The van der Waals surface area contributed by atoms with E-state index in [2.05, 4.69) is 48.8 Å². The number of rotatable bonds is 6. The smallest absolute Gasteiger partial charge is 0.192 e. The number of aromatic nitrogens is 4. The summed E-state index contributed by atoms with van der Waals surface area (Å²) in [4.78, 5) is 12.8. The highest BCUT2D eigenvalue weighted by Crippen LogP contribution is 2.42. The lowest BCUT2D eigenvalue weighted by atomic mass is 10.1. The maximum absolute atomic E-state index is 6.51. The Labute approximate surface area is 206 Å². The highest BCUT2D eigenvalue weighted by molar-refractivity contribution is 6.74. The predicted molar refractivity (Wildman–Crippen MR) is 136 cm³/mol. The van der Waals surface area contributed by atoms with Crippen LogP contribution in [0.4, 0.5) is 5.82 Å². The fourth-order valence-corrected chi connectivity index (χ4v) is 5.14. The van der Waals surface area contributed by atoms with Crippen molar-refractivity contribution in [3.63, 3.8) is 0 Å². The molecule has 1 aromatic carbocycles. The highest BCUT2D eigenvalue weighted by atomic mass is 28.4. The third kappa shape index (κ3) is 4.64. The number of anilines is 1. The van der Waals surface area contributed by atoms with Gasteiger partial charge in [-0.15, -0.1) is 0 Å². The molecule has 2 aromatic heterocycles. The Bertz CT molecular complexity index is 1210. The molecule has 0 bridgehead atoms. The number of nitrogens with two attached hydrogens (primary N) is 1. The van der Waals surface area contributed by atoms with Crippen molar-refractivity contribution < 1.29 is 18.6 Å². The van der Waals surface area contributed by atoms with Crippen molar-refractivity contribution in [3.8, 4) is 0 Å². The first kappa shape index (κ1) is 24.1. The van der Waals surface area contributed by atoms with E-state index in [1.165, 1.54) is 6.33 Å². The van der Waals surface area contributed by atoms with Crippen LogP contribution in [0.2, 0.25) is 18.1 Å². The first-order valence-corrected chi connectivity index (χ1v) is 14.8. The summed E-state index contributed by atoms with van der Waals surface area (Å²) in [6.45, 7) is 11.6. The predicted octanol–water partition coefficient (Wildman–Crippen LogP) is 4.15. The molecular formula is C25H33N5O4Si. The minimum atomic E-state index is -1.98. The SMILES string of the molecule is CC(C)(C)[Si](C)(C)OCC1OC(n2cnc3c(N)ncnc32)[C@H]2O[C@@H](C=Cc3ccccc3)OC12. The molecule has 35 heavy (non-hydrogen) atoms. The molecule has 5 atom stereocenters. The minimum Gasteiger partial charge on any atom is -0.414 e. The van der Waals surface area contributed by atoms with Gasteiger partial charge in [-0.2, -0.15) is 0 Å². The molecule has 3 aromatic rings. The largest absolute Gasteiger partial charge is 0.414 e. The van der Waals surface area contributed by atoms with E-state index < -0.39 is 20.8 Å². The summed E-state index contributed by atoms with van der Waals surface area (Å²) in [5.41, 5.74) is 8.22. The molecule has 186 valence electrons. The van der Waals surface area contributed by atoms with Gasteiger partial charge in [-0.25, -0.2) is 15.0 Å². The summed E-state index contributed by atoms with van der Waals surface area (Å²) >= 11 is 0. The van der Waals surface area contributed by atoms with Gasteiger partial charge in [-0.1, -0.05) is 57.2 Å². The van der Waals surface area contributed by atoms with Crippen LogP contribution in [0.25, 0.3) is 17.2 Å². The third-order valence-corrected chi connectivity index (χ3v) is 11.7. The van der Waals surface area contributed by atoms with Crippen molar-refractivity contribution in [2.45, 2.75) is 69.7 Å². The molecular weight excluding hydrogens is 462 g/mol. The molecule has 0 amide bonds. The fourth-order valence-electron chi connectivity index (χ4n) is 4.13. The van der Waals surface area contributed by atoms with E-state index in [1.807, 2.05) is 47.1 Å². The molecule has 10 heteroatoms. The summed E-state index contributed by atoms with van der Waals surface area (Å²) in [5.74, 6) is 0.327. The van der Waals surface area contributed by atoms with E-state index in [4.69, 9.17) is 24.4 Å². The second-order valence-corrected chi connectivity index (χ2v) is 15.4. The van der Waals surface area contributed by atoms with Crippen molar-refractivity contribution in [2.75, 3.05) is 12.3 Å². The number of nitrogens with zero attached hydrogens (tertiary/aromatic N) is 4. The summed E-state index contributed by atoms with van der Waals surface area (Å²) < 4.78 is 27.5. The van der Waals surface area contributed by atoms with Crippen LogP contribution in [-0.4, -0.2) is 59.0 Å². The molecule has 2 N–H and O–H groups in total. The highest BCUT2D eigenvalue weighted by Gasteiger charge is 2.54. The van der Waals surface area contributed by atoms with E-state index in [-0.39, 0.29) is 23.4 Å². The molecule has 2 aliphatic heterocycles. The van der Waals surface area contributed by atoms with Gasteiger partial charge in [0.1, 0.15) is 30.2 Å². The van der Waals surface area contributed by atoms with Crippen LogP contribution in [0.15, 0.2) is 49.1 Å². The van der Waals surface area contributed by atoms with Crippen molar-refractivity contribution in [1.29, 1.82) is 0 Å². The quantitative estimate of drug-likeness (QED) is 0.508. The average Bonchev–Trinajstić information content (AvgIpc) is 3.50. The lowest BCUT2D eigenvalue weighted by Crippen LogP contribution is -2.44. The zero-order chi connectivity index (χ0) is 24.8. The second-order valence-electron chi connectivity index (χ2n) is 10.6. The molecule has 0 saturated carbocycles. The van der Waals surface area contributed by atoms with Crippen LogP contribution in [0.3, 0.4) is 0 Å². The Hall–Kier alpha value is -2.63. The maximum atomic E-state index is 6.51. The van der Waals surface area contributed by atoms with Gasteiger partial charge in [0.05, 0.1) is 12.9 Å². The summed E-state index contributed by atoms with van der Waals surface area (Å²) in [7, 11) is -1.98. The molecule has 0 radical (unpaired) electrons. The van der Waals surface area contributed by atoms with Crippen molar-refractivity contribution in [2.24, 2.45) is 0 Å². The molecule has 0 aliphatic carbocycles. The molecule has 5 rings (SSSR count). The molecule has 2 saturated heterocycles. The Morgan fingerprint density at radius 3 is 2.54 bits per heavy atom. The second kappa shape index (κ2) is 9.10. The Balaban J connectivity index is 1.41. The van der Waals surface area contributed by atoms with E-state index in [0.29, 0.717) is 23.6 Å². The molecule has 0 spiro atoms. The van der Waals surface area contributed by atoms with Gasteiger partial charge in [-0.3, -0.25) is 4.57 Å². The number of nitrogen functional groups attached to an aromatic ring is 1. The van der Waals surface area contributed by atoms with Crippen LogP contribution in [-0.2, 0) is 18.6 Å². The minimum absolute atomic E-state index is 0.0907. The average molecular weight is 496 g/mol. The number of ether oxygens (including phenoxy) is 3. The first-order valence-electron chi connectivity index (χ1n) is 11.9. The fraction of sp³-hybridized carbons (Fsp3) is 0.480. The monoisotopic (exact) mass is 495 g/mol. The van der Waals surface area contributed by atoms with Gasteiger partial charge >= 0.3 is 0 Å². The summed E-state index contributed by atoms with van der Waals surface area (Å²) in [5, 5.41) is 0.0907. The van der Waals surface area contributed by atoms with Crippen LogP contribution in [0, 0.1) is 0 Å². The normalized spacial score (nSPS) is 27.2. The number of imidazole rings is 1. The first-order chi connectivity index (χ1) is 16.6. The maximum Gasteiger partial charge on any atom is 0.192 e. The van der Waals surface area contributed by atoms with Crippen LogP contribution >= 0.6 is 0 Å². The van der Waals surface area contributed by atoms with Crippen molar-refractivity contribution in [3.05, 3.63) is 54.6 Å². The summed E-state index contributed by atoms with van der Waals surface area (Å²) in [6.07, 6.45) is 5.10. The van der Waals surface area contributed by atoms with E-state index in [1.54, 1.807) is 6.33 Å². The van der Waals surface area contributed by atoms with Gasteiger partial charge in [0.15, 0.2) is 32.3 Å². The summed E-state index contributed by atoms with van der Waals surface area (Å²) in [6, 6.07) is 10.1. The number of benzene rings is 1. The van der Waals surface area contributed by atoms with Crippen LogP contribution in [0.5, 0.6) is 0 Å². The van der Waals surface area contributed by atoms with Gasteiger partial charge in [-0.05, 0) is 29.8 Å². The van der Waals surface area contributed by atoms with E-state index >= 15 is 0 Å². The Morgan fingerprint density at radius 1 is 1.06 bits per heavy atom. The molecule has 2 fully saturated rings. The van der Waals surface area contributed by atoms with E-state index in [0.717, 1.165) is 5.56 Å².